The summed E-state index contributed by atoms with van der Waals surface area (Å²) < 4.78 is 32.6. The molecule has 2 aromatic carbocycles. The lowest BCUT2D eigenvalue weighted by Gasteiger charge is -2.11. The van der Waals surface area contributed by atoms with Gasteiger partial charge in [-0.15, -0.1) is 15.0 Å². The van der Waals surface area contributed by atoms with Crippen molar-refractivity contribution in [2.24, 2.45) is 0 Å². The van der Waals surface area contributed by atoms with Crippen molar-refractivity contribution in [3.63, 3.8) is 0 Å². The molecule has 3 aromatic rings. The van der Waals surface area contributed by atoms with E-state index in [4.69, 9.17) is 11.6 Å². The molecule has 0 radical (unpaired) electrons. The van der Waals surface area contributed by atoms with Gasteiger partial charge in [0, 0.05) is 5.02 Å². The zero-order chi connectivity index (χ0) is 18.2. The maximum absolute atomic E-state index is 11.6. The first-order valence-corrected chi connectivity index (χ1v) is 9.47. The summed E-state index contributed by atoms with van der Waals surface area (Å²) in [6.07, 6.45) is 2.09. The van der Waals surface area contributed by atoms with Crippen LogP contribution in [0.15, 0.2) is 35.2 Å². The van der Waals surface area contributed by atoms with Gasteiger partial charge in [-0.05, 0) is 48.7 Å². The Kier molecular flexibility index (Phi) is 4.68. The van der Waals surface area contributed by atoms with Gasteiger partial charge in [0.05, 0.1) is 4.90 Å². The molecule has 0 aliphatic heterocycles. The average molecular weight is 382 g/mol. The normalized spacial score (nSPS) is 12.0. The van der Waals surface area contributed by atoms with Crippen LogP contribution in [0.4, 0.5) is 0 Å². The first-order valence-electron chi connectivity index (χ1n) is 7.66. The molecule has 0 saturated heterocycles. The number of rotatable bonds is 5. The lowest BCUT2D eigenvalue weighted by Crippen LogP contribution is -2.06. The van der Waals surface area contributed by atoms with Crippen LogP contribution in [0.1, 0.15) is 25.3 Å². The Hall–Kier alpha value is -2.16. The van der Waals surface area contributed by atoms with Crippen LogP contribution in [0.2, 0.25) is 5.02 Å². The van der Waals surface area contributed by atoms with E-state index in [2.05, 4.69) is 10.2 Å². The molecule has 0 aliphatic carbocycles. The quantitative estimate of drug-likeness (QED) is 0.656. The number of aromatic nitrogens is 3. The van der Waals surface area contributed by atoms with Gasteiger partial charge in [-0.2, -0.15) is 8.42 Å². The number of fused-ring (bicyclic) bond motifs is 1. The summed E-state index contributed by atoms with van der Waals surface area (Å²) in [6, 6.07) is 7.35. The highest BCUT2D eigenvalue weighted by Gasteiger charge is 2.19. The first-order chi connectivity index (χ1) is 11.8. The summed E-state index contributed by atoms with van der Waals surface area (Å²) in [7, 11) is -4.44. The van der Waals surface area contributed by atoms with Crippen LogP contribution < -0.4 is 0 Å². The molecule has 0 bridgehead atoms. The van der Waals surface area contributed by atoms with Crippen molar-refractivity contribution < 1.29 is 18.1 Å². The summed E-state index contributed by atoms with van der Waals surface area (Å²) in [5, 5.41) is 19.5. The van der Waals surface area contributed by atoms with E-state index in [1.165, 1.54) is 6.07 Å². The van der Waals surface area contributed by atoms with E-state index >= 15 is 0 Å². The fraction of sp³-hybridized carbons (Fsp3) is 0.250. The number of hydrogen-bond acceptors (Lipinski definition) is 5. The maximum atomic E-state index is 11.6. The van der Waals surface area contributed by atoms with E-state index in [1.807, 2.05) is 6.92 Å². The zero-order valence-electron chi connectivity index (χ0n) is 13.3. The molecule has 25 heavy (non-hydrogen) atoms. The van der Waals surface area contributed by atoms with Crippen LogP contribution in [-0.2, 0) is 16.5 Å². The van der Waals surface area contributed by atoms with Gasteiger partial charge >= 0.3 is 0 Å². The molecule has 132 valence electrons. The Morgan fingerprint density at radius 1 is 1.16 bits per heavy atom. The molecule has 0 aliphatic rings. The number of aromatic hydroxyl groups is 1. The van der Waals surface area contributed by atoms with Crippen LogP contribution in [0.5, 0.6) is 5.75 Å². The molecule has 0 spiro atoms. The number of phenols is 1. The van der Waals surface area contributed by atoms with Crippen molar-refractivity contribution in [2.75, 3.05) is 0 Å². The Balaban J connectivity index is 2.21. The van der Waals surface area contributed by atoms with Gasteiger partial charge in [0.1, 0.15) is 22.5 Å². The monoisotopic (exact) mass is 381 g/mol. The van der Waals surface area contributed by atoms with Crippen molar-refractivity contribution in [1.82, 2.24) is 15.0 Å². The largest absolute Gasteiger partial charge is 0.505 e. The number of unbranched alkanes of at least 4 members (excludes halogenated alkanes) is 1. The second kappa shape index (κ2) is 6.62. The van der Waals surface area contributed by atoms with Gasteiger partial charge < -0.3 is 5.11 Å². The number of hydrogen-bond donors (Lipinski definition) is 2. The molecule has 0 unspecified atom stereocenters. The predicted octanol–water partition coefficient (Wildman–Crippen LogP) is 3.37. The van der Waals surface area contributed by atoms with E-state index < -0.39 is 10.1 Å². The van der Waals surface area contributed by atoms with Gasteiger partial charge in [-0.3, -0.25) is 4.55 Å². The van der Waals surface area contributed by atoms with Crippen molar-refractivity contribution in [3.8, 4) is 11.4 Å². The highest BCUT2D eigenvalue weighted by atomic mass is 35.5. The highest BCUT2D eigenvalue weighted by Crippen LogP contribution is 2.31. The maximum Gasteiger partial charge on any atom is 0.294 e. The van der Waals surface area contributed by atoms with E-state index in [-0.39, 0.29) is 16.3 Å². The fourth-order valence-electron chi connectivity index (χ4n) is 2.50. The fourth-order valence-corrected chi connectivity index (χ4v) is 3.22. The molecule has 3 rings (SSSR count). The highest BCUT2D eigenvalue weighted by molar-refractivity contribution is 7.85. The van der Waals surface area contributed by atoms with Crippen LogP contribution in [0, 0.1) is 0 Å². The molecular formula is C16H16ClN3O4S. The predicted molar refractivity (Wildman–Crippen MR) is 94.0 cm³/mol. The number of aryl methyl sites for hydroxylation is 1. The average Bonchev–Trinajstić information content (AvgIpc) is 2.95. The molecule has 1 aromatic heterocycles. The standard InChI is InChI=1S/C16H16ClN3O4S/c1-2-3-4-10-7-12(25(22,23)24)9-15(16(10)21)20-18-13-6-5-11(17)8-14(13)19-20/h5-9,21H,2-4H2,1H3,(H,22,23,24). The SMILES string of the molecule is CCCCc1cc(S(=O)(=O)O)cc(-n2nc3ccc(Cl)cc3n2)c1O. The molecule has 0 amide bonds. The van der Waals surface area contributed by atoms with Crippen molar-refractivity contribution in [2.45, 2.75) is 31.1 Å². The van der Waals surface area contributed by atoms with Gasteiger partial charge in [-0.1, -0.05) is 24.9 Å². The third kappa shape index (κ3) is 3.60. The summed E-state index contributed by atoms with van der Waals surface area (Å²) in [4.78, 5) is 0.825. The van der Waals surface area contributed by atoms with Crippen LogP contribution in [0.25, 0.3) is 16.7 Å². The van der Waals surface area contributed by atoms with E-state index in [1.54, 1.807) is 18.2 Å². The van der Waals surface area contributed by atoms with Gasteiger partial charge in [0.15, 0.2) is 0 Å². The zero-order valence-corrected chi connectivity index (χ0v) is 14.9. The molecule has 7 nitrogen and oxygen atoms in total. The van der Waals surface area contributed by atoms with Crippen molar-refractivity contribution >= 4 is 32.8 Å². The lowest BCUT2D eigenvalue weighted by molar-refractivity contribution is 0.457. The Morgan fingerprint density at radius 2 is 1.88 bits per heavy atom. The molecule has 0 saturated carbocycles. The second-order valence-electron chi connectivity index (χ2n) is 5.65. The Bertz CT molecular complexity index is 1050. The minimum atomic E-state index is -4.44. The minimum absolute atomic E-state index is 0.0774. The topological polar surface area (TPSA) is 105 Å². The van der Waals surface area contributed by atoms with E-state index in [0.29, 0.717) is 28.0 Å². The van der Waals surface area contributed by atoms with E-state index in [0.717, 1.165) is 23.7 Å². The van der Waals surface area contributed by atoms with Crippen LogP contribution >= 0.6 is 11.6 Å². The Morgan fingerprint density at radius 3 is 2.56 bits per heavy atom. The first kappa shape index (κ1) is 17.7. The molecular weight excluding hydrogens is 366 g/mol. The summed E-state index contributed by atoms with van der Waals surface area (Å²) >= 11 is 5.93. The number of phenolic OH excluding ortho intramolecular Hbond substituents is 1. The third-order valence-electron chi connectivity index (χ3n) is 3.80. The molecule has 1 heterocycles. The lowest BCUT2D eigenvalue weighted by atomic mass is 10.1. The van der Waals surface area contributed by atoms with E-state index in [9.17, 15) is 18.1 Å². The summed E-state index contributed by atoms with van der Waals surface area (Å²) in [6.45, 7) is 1.98. The molecule has 0 fully saturated rings. The molecule has 9 heteroatoms. The number of halogens is 1. The smallest absolute Gasteiger partial charge is 0.294 e. The number of nitrogens with zero attached hydrogens (tertiary/aromatic N) is 3. The van der Waals surface area contributed by atoms with Crippen molar-refractivity contribution in [3.05, 3.63) is 40.9 Å². The minimum Gasteiger partial charge on any atom is -0.505 e. The van der Waals surface area contributed by atoms with Gasteiger partial charge in [-0.25, -0.2) is 0 Å². The van der Waals surface area contributed by atoms with Crippen LogP contribution in [-0.4, -0.2) is 33.1 Å². The molecule has 0 atom stereocenters. The van der Waals surface area contributed by atoms with Crippen molar-refractivity contribution in [1.29, 1.82) is 0 Å². The summed E-state index contributed by atoms with van der Waals surface area (Å²) in [5.74, 6) is -0.118. The third-order valence-corrected chi connectivity index (χ3v) is 4.86. The van der Waals surface area contributed by atoms with Gasteiger partial charge in [0.2, 0.25) is 0 Å². The molecule has 2 N–H and O–H groups in total. The van der Waals surface area contributed by atoms with Crippen LogP contribution in [0.3, 0.4) is 0 Å². The van der Waals surface area contributed by atoms with Gasteiger partial charge in [0.25, 0.3) is 10.1 Å². The Labute approximate surface area is 149 Å². The summed E-state index contributed by atoms with van der Waals surface area (Å²) in [5.41, 5.74) is 1.52. The number of benzene rings is 2. The second-order valence-corrected chi connectivity index (χ2v) is 7.51.